The van der Waals surface area contributed by atoms with Crippen molar-refractivity contribution in [3.63, 3.8) is 0 Å². The van der Waals surface area contributed by atoms with Crippen LogP contribution in [-0.2, 0) is 17.4 Å². The van der Waals surface area contributed by atoms with Gasteiger partial charge in [-0.05, 0) is 41.7 Å². The molecule has 0 fully saturated rings. The third-order valence-electron chi connectivity index (χ3n) is 4.20. The van der Waals surface area contributed by atoms with E-state index in [0.717, 1.165) is 6.07 Å². The first kappa shape index (κ1) is 20.6. The van der Waals surface area contributed by atoms with Gasteiger partial charge in [-0.1, -0.05) is 20.8 Å². The molecule has 3 rings (SSSR count). The summed E-state index contributed by atoms with van der Waals surface area (Å²) in [5, 5.41) is 0.669. The highest BCUT2D eigenvalue weighted by Crippen LogP contribution is 2.34. The Labute approximate surface area is 165 Å². The zero-order valence-corrected chi connectivity index (χ0v) is 16.3. The summed E-state index contributed by atoms with van der Waals surface area (Å²) in [6.45, 7) is 5.83. The molecule has 0 atom stereocenters. The fourth-order valence-electron chi connectivity index (χ4n) is 3.02. The molecule has 3 aromatic rings. The normalized spacial score (nSPS) is 12.8. The Morgan fingerprint density at radius 3 is 2.52 bits per heavy atom. The van der Waals surface area contributed by atoms with Crippen molar-refractivity contribution in [3.05, 3.63) is 53.6 Å². The van der Waals surface area contributed by atoms with Gasteiger partial charge in [0, 0.05) is 40.7 Å². The summed E-state index contributed by atoms with van der Waals surface area (Å²) >= 11 is 0. The maximum Gasteiger partial charge on any atom is 0.433 e. The Kier molecular flexibility index (Phi) is 5.21. The van der Waals surface area contributed by atoms with Gasteiger partial charge in [-0.3, -0.25) is 4.79 Å². The van der Waals surface area contributed by atoms with Crippen molar-refractivity contribution in [2.24, 2.45) is 11.1 Å². The molecule has 0 bridgehead atoms. The van der Waals surface area contributed by atoms with Crippen LogP contribution in [0.1, 0.15) is 37.7 Å². The smallest absolute Gasteiger partial charge is 0.366 e. The number of carbonyl (C=O) groups is 1. The first-order chi connectivity index (χ1) is 13.4. The SMILES string of the molecule is CC(C)(C)Cc1cc(-c2cnc3[nH]cc(C=CC(N)=O)c3c2)cc(C(F)(F)F)n1. The van der Waals surface area contributed by atoms with Gasteiger partial charge in [-0.15, -0.1) is 0 Å². The topological polar surface area (TPSA) is 84.7 Å². The zero-order chi connectivity index (χ0) is 21.4. The number of amides is 1. The summed E-state index contributed by atoms with van der Waals surface area (Å²) in [6.07, 6.45) is 1.76. The summed E-state index contributed by atoms with van der Waals surface area (Å²) < 4.78 is 40.2. The summed E-state index contributed by atoms with van der Waals surface area (Å²) in [5.74, 6) is -0.598. The van der Waals surface area contributed by atoms with Crippen molar-refractivity contribution in [1.29, 1.82) is 0 Å². The van der Waals surface area contributed by atoms with E-state index in [1.165, 1.54) is 18.3 Å². The summed E-state index contributed by atoms with van der Waals surface area (Å²) in [7, 11) is 0. The Balaban J connectivity index is 2.13. The van der Waals surface area contributed by atoms with Crippen LogP contribution >= 0.6 is 0 Å². The van der Waals surface area contributed by atoms with Gasteiger partial charge in [-0.25, -0.2) is 9.97 Å². The highest BCUT2D eigenvalue weighted by molar-refractivity contribution is 5.95. The molecule has 0 aliphatic rings. The molecule has 0 spiro atoms. The van der Waals surface area contributed by atoms with Crippen molar-refractivity contribution >= 4 is 23.0 Å². The van der Waals surface area contributed by atoms with Gasteiger partial charge < -0.3 is 10.7 Å². The molecule has 0 aliphatic heterocycles. The van der Waals surface area contributed by atoms with Gasteiger partial charge >= 0.3 is 6.18 Å². The quantitative estimate of drug-likeness (QED) is 0.619. The summed E-state index contributed by atoms with van der Waals surface area (Å²) in [4.78, 5) is 22.1. The fraction of sp³-hybridized carbons (Fsp3) is 0.286. The van der Waals surface area contributed by atoms with Crippen LogP contribution in [0.5, 0.6) is 0 Å². The number of aromatic nitrogens is 3. The van der Waals surface area contributed by atoms with Crippen LogP contribution < -0.4 is 5.73 Å². The summed E-state index contributed by atoms with van der Waals surface area (Å²) in [5.41, 5.74) is 6.47. The zero-order valence-electron chi connectivity index (χ0n) is 16.3. The van der Waals surface area contributed by atoms with E-state index in [4.69, 9.17) is 5.73 Å². The molecule has 8 heteroatoms. The third-order valence-corrected chi connectivity index (χ3v) is 4.20. The number of H-pyrrole nitrogens is 1. The number of hydrogen-bond donors (Lipinski definition) is 2. The van der Waals surface area contributed by atoms with Crippen LogP contribution in [0.4, 0.5) is 13.2 Å². The lowest BCUT2D eigenvalue weighted by Gasteiger charge is -2.19. The van der Waals surface area contributed by atoms with Crippen LogP contribution in [0.3, 0.4) is 0 Å². The number of hydrogen-bond acceptors (Lipinski definition) is 3. The molecule has 0 saturated heterocycles. The van der Waals surface area contributed by atoms with E-state index in [9.17, 15) is 18.0 Å². The van der Waals surface area contributed by atoms with Crippen molar-refractivity contribution in [1.82, 2.24) is 15.0 Å². The number of alkyl halides is 3. The maximum atomic E-state index is 13.4. The molecule has 3 aromatic heterocycles. The van der Waals surface area contributed by atoms with Crippen LogP contribution in [0, 0.1) is 5.41 Å². The lowest BCUT2D eigenvalue weighted by Crippen LogP contribution is -2.14. The second kappa shape index (κ2) is 7.35. The minimum atomic E-state index is -4.55. The predicted octanol–water partition coefficient (Wildman–Crippen LogP) is 4.73. The molecule has 0 radical (unpaired) electrons. The number of halogens is 3. The number of aromatic amines is 1. The Hall–Kier alpha value is -3.16. The molecule has 1 amide bonds. The van der Waals surface area contributed by atoms with E-state index in [2.05, 4.69) is 15.0 Å². The van der Waals surface area contributed by atoms with Crippen molar-refractivity contribution < 1.29 is 18.0 Å². The molecule has 29 heavy (non-hydrogen) atoms. The number of primary amides is 1. The maximum absolute atomic E-state index is 13.4. The van der Waals surface area contributed by atoms with Crippen molar-refractivity contribution in [2.75, 3.05) is 0 Å². The molecule has 5 nitrogen and oxygen atoms in total. The molecule has 152 valence electrons. The van der Waals surface area contributed by atoms with Crippen LogP contribution in [0.25, 0.3) is 28.2 Å². The van der Waals surface area contributed by atoms with E-state index in [1.54, 1.807) is 18.3 Å². The van der Waals surface area contributed by atoms with E-state index >= 15 is 0 Å². The number of rotatable bonds is 4. The van der Waals surface area contributed by atoms with E-state index in [1.807, 2.05) is 20.8 Å². The summed E-state index contributed by atoms with van der Waals surface area (Å²) in [6, 6.07) is 4.42. The van der Waals surface area contributed by atoms with Crippen LogP contribution in [0.2, 0.25) is 0 Å². The second-order valence-electron chi connectivity index (χ2n) is 8.07. The molecule has 3 heterocycles. The Morgan fingerprint density at radius 1 is 1.17 bits per heavy atom. The highest BCUT2D eigenvalue weighted by Gasteiger charge is 2.33. The Bertz CT molecular complexity index is 1090. The molecular weight excluding hydrogens is 381 g/mol. The number of fused-ring (bicyclic) bond motifs is 1. The molecule has 0 saturated carbocycles. The lowest BCUT2D eigenvalue weighted by atomic mass is 9.89. The molecule has 3 N–H and O–H groups in total. The van der Waals surface area contributed by atoms with Gasteiger partial charge in [0.05, 0.1) is 0 Å². The number of carbonyl (C=O) groups excluding carboxylic acids is 1. The third kappa shape index (κ3) is 5.01. The molecule has 0 aliphatic carbocycles. The largest absolute Gasteiger partial charge is 0.433 e. The molecule has 0 aromatic carbocycles. The minimum absolute atomic E-state index is 0.218. The number of nitrogens with one attached hydrogen (secondary N) is 1. The van der Waals surface area contributed by atoms with Gasteiger partial charge in [0.1, 0.15) is 11.3 Å². The Morgan fingerprint density at radius 2 is 1.90 bits per heavy atom. The van der Waals surface area contributed by atoms with Gasteiger partial charge in [0.15, 0.2) is 0 Å². The number of nitrogens with two attached hydrogens (primary N) is 1. The van der Waals surface area contributed by atoms with Crippen LogP contribution in [-0.4, -0.2) is 20.9 Å². The standard InChI is InChI=1S/C21H21F3N4O/c1-20(2,3)9-15-6-13(8-17(28-15)21(22,23)24)14-7-16-12(4-5-18(25)29)10-26-19(16)27-11-14/h4-8,10-11H,9H2,1-3H3,(H2,25,29)(H,26,27). The highest BCUT2D eigenvalue weighted by atomic mass is 19.4. The van der Waals surface area contributed by atoms with Crippen LogP contribution in [0.15, 0.2) is 36.7 Å². The number of pyridine rings is 2. The van der Waals surface area contributed by atoms with E-state index in [0.29, 0.717) is 39.8 Å². The van der Waals surface area contributed by atoms with E-state index in [-0.39, 0.29) is 5.41 Å². The predicted molar refractivity (Wildman–Crippen MR) is 106 cm³/mol. The minimum Gasteiger partial charge on any atom is -0.366 e. The second-order valence-corrected chi connectivity index (χ2v) is 8.07. The van der Waals surface area contributed by atoms with Gasteiger partial charge in [-0.2, -0.15) is 13.2 Å². The average Bonchev–Trinajstić information content (AvgIpc) is 2.99. The van der Waals surface area contributed by atoms with Gasteiger partial charge in [0.25, 0.3) is 0 Å². The fourth-order valence-corrected chi connectivity index (χ4v) is 3.02. The first-order valence-corrected chi connectivity index (χ1v) is 8.95. The van der Waals surface area contributed by atoms with E-state index < -0.39 is 17.8 Å². The monoisotopic (exact) mass is 402 g/mol. The van der Waals surface area contributed by atoms with Crippen molar-refractivity contribution in [3.8, 4) is 11.1 Å². The first-order valence-electron chi connectivity index (χ1n) is 8.95. The average molecular weight is 402 g/mol. The number of nitrogens with zero attached hydrogens (tertiary/aromatic N) is 2. The van der Waals surface area contributed by atoms with Gasteiger partial charge in [0.2, 0.25) is 5.91 Å². The lowest BCUT2D eigenvalue weighted by molar-refractivity contribution is -0.141. The van der Waals surface area contributed by atoms with Crippen molar-refractivity contribution in [2.45, 2.75) is 33.4 Å². The molecule has 0 unspecified atom stereocenters. The molecular formula is C21H21F3N4O.